The number of carbonyl (C=O) groups is 1. The molecule has 2 aliphatic heterocycles. The average molecular weight is 468 g/mol. The van der Waals surface area contributed by atoms with Gasteiger partial charge in [-0.1, -0.05) is 49.7 Å². The molecule has 3 aliphatic rings. The van der Waals surface area contributed by atoms with Crippen LogP contribution in [0.25, 0.3) is 0 Å². The zero-order chi connectivity index (χ0) is 23.4. The number of nitrogens with zero attached hydrogens (tertiary/aromatic N) is 4. The van der Waals surface area contributed by atoms with Crippen LogP contribution >= 0.6 is 11.6 Å². The lowest BCUT2D eigenvalue weighted by Crippen LogP contribution is -2.53. The van der Waals surface area contributed by atoms with Gasteiger partial charge in [0, 0.05) is 42.3 Å². The Hall–Kier alpha value is -2.44. The van der Waals surface area contributed by atoms with Crippen molar-refractivity contribution in [2.24, 2.45) is 15.9 Å². The second kappa shape index (κ2) is 10.7. The first-order chi connectivity index (χ1) is 15.9. The quantitative estimate of drug-likeness (QED) is 0.706. The summed E-state index contributed by atoms with van der Waals surface area (Å²) < 4.78 is 0. The maximum atomic E-state index is 12.8. The minimum Gasteiger partial charge on any atom is -0.336 e. The van der Waals surface area contributed by atoms with Gasteiger partial charge < -0.3 is 10.2 Å². The molecule has 33 heavy (non-hydrogen) atoms. The minimum atomic E-state index is 0.0445. The normalized spacial score (nSPS) is 23.5. The number of hydrogen-bond donors (Lipinski definition) is 1. The molecular weight excluding hydrogens is 434 g/mol. The van der Waals surface area contributed by atoms with Crippen molar-refractivity contribution < 1.29 is 4.79 Å². The van der Waals surface area contributed by atoms with Gasteiger partial charge in [0.1, 0.15) is 11.7 Å². The summed E-state index contributed by atoms with van der Waals surface area (Å²) in [6, 6.07) is 7.57. The lowest BCUT2D eigenvalue weighted by Gasteiger charge is -2.36. The van der Waals surface area contributed by atoms with E-state index >= 15 is 0 Å². The van der Waals surface area contributed by atoms with Crippen LogP contribution in [0.3, 0.4) is 0 Å². The van der Waals surface area contributed by atoms with Crippen LogP contribution in [0.4, 0.5) is 0 Å². The number of piperazine rings is 1. The van der Waals surface area contributed by atoms with Crippen LogP contribution in [0.1, 0.15) is 44.0 Å². The first-order valence-corrected chi connectivity index (χ1v) is 12.3. The number of nitrogens with one attached hydrogen (secondary N) is 1. The summed E-state index contributed by atoms with van der Waals surface area (Å²) in [6.45, 7) is 10.3. The Balaban J connectivity index is 1.41. The van der Waals surface area contributed by atoms with E-state index in [0.717, 1.165) is 44.1 Å². The number of carbonyl (C=O) groups excluding carboxylic acids is 1. The van der Waals surface area contributed by atoms with E-state index in [0.29, 0.717) is 29.6 Å². The number of amides is 1. The van der Waals surface area contributed by atoms with E-state index in [1.165, 1.54) is 5.57 Å². The molecule has 176 valence electrons. The summed E-state index contributed by atoms with van der Waals surface area (Å²) in [4.78, 5) is 27.2. The van der Waals surface area contributed by atoms with Gasteiger partial charge in [-0.3, -0.25) is 19.7 Å². The Morgan fingerprint density at radius 3 is 2.76 bits per heavy atom. The lowest BCUT2D eigenvalue weighted by atomic mass is 10.00. The highest BCUT2D eigenvalue weighted by Gasteiger charge is 2.29. The molecule has 1 N–H and O–H groups in total. The van der Waals surface area contributed by atoms with Gasteiger partial charge in [0.05, 0.1) is 18.6 Å². The van der Waals surface area contributed by atoms with Gasteiger partial charge in [0.25, 0.3) is 5.91 Å². The fourth-order valence-electron chi connectivity index (χ4n) is 4.25. The first kappa shape index (κ1) is 23.7. The smallest absolute Gasteiger partial charge is 0.253 e. The van der Waals surface area contributed by atoms with E-state index in [9.17, 15) is 4.79 Å². The molecule has 2 unspecified atom stereocenters. The van der Waals surface area contributed by atoms with Crippen LogP contribution < -0.4 is 5.32 Å². The van der Waals surface area contributed by atoms with Crippen molar-refractivity contribution in [3.05, 3.63) is 58.7 Å². The molecule has 0 saturated carbocycles. The zero-order valence-electron chi connectivity index (χ0n) is 19.8. The highest BCUT2D eigenvalue weighted by Crippen LogP contribution is 2.23. The summed E-state index contributed by atoms with van der Waals surface area (Å²) >= 11 is 6.06. The van der Waals surface area contributed by atoms with E-state index in [1.807, 2.05) is 17.0 Å². The molecule has 1 aromatic carbocycles. The molecule has 0 radical (unpaired) electrons. The standard InChI is InChI=1S/C26H34ClN5O/c1-18(2)19(3)28-25-22-10-5-4-6-11-23(22)29-24(30-25)17-31-12-14-32(15-13-31)26(33)20-8-7-9-21(27)16-20/h4-5,7-10,16,18-19,23H,6,11-15,17H2,1-3H3,(H,28,29,30). The second-order valence-electron chi connectivity index (χ2n) is 9.39. The molecular formula is C26H34ClN5O. The van der Waals surface area contributed by atoms with Gasteiger partial charge in [-0.15, -0.1) is 0 Å². The van der Waals surface area contributed by atoms with Gasteiger partial charge in [0.15, 0.2) is 0 Å². The fraction of sp³-hybridized carbons (Fsp3) is 0.500. The summed E-state index contributed by atoms with van der Waals surface area (Å²) in [5.74, 6) is 2.46. The van der Waals surface area contributed by atoms with E-state index in [-0.39, 0.29) is 18.0 Å². The van der Waals surface area contributed by atoms with Crippen molar-refractivity contribution in [2.75, 3.05) is 32.7 Å². The maximum Gasteiger partial charge on any atom is 0.253 e. The predicted octanol–water partition coefficient (Wildman–Crippen LogP) is 4.19. The molecule has 0 bridgehead atoms. The molecule has 1 aromatic rings. The van der Waals surface area contributed by atoms with E-state index in [4.69, 9.17) is 21.6 Å². The van der Waals surface area contributed by atoms with Crippen molar-refractivity contribution in [1.82, 2.24) is 15.1 Å². The fourth-order valence-corrected chi connectivity index (χ4v) is 4.44. The zero-order valence-corrected chi connectivity index (χ0v) is 20.6. The van der Waals surface area contributed by atoms with Crippen LogP contribution in [0.5, 0.6) is 0 Å². The Bertz CT molecular complexity index is 988. The summed E-state index contributed by atoms with van der Waals surface area (Å²) in [7, 11) is 0. The monoisotopic (exact) mass is 467 g/mol. The third-order valence-electron chi connectivity index (χ3n) is 6.63. The number of allylic oxidation sites excluding steroid dienone is 3. The Kier molecular flexibility index (Phi) is 7.66. The van der Waals surface area contributed by atoms with E-state index < -0.39 is 0 Å². The SMILES string of the molecule is CC(C)C(C)N=C1NC(CN2CCN(C(=O)c3cccc(Cl)c3)CC2)=NC2CCC=CC=C12. The summed E-state index contributed by atoms with van der Waals surface area (Å²) in [5, 5.41) is 4.13. The van der Waals surface area contributed by atoms with Crippen molar-refractivity contribution >= 4 is 29.2 Å². The van der Waals surface area contributed by atoms with Gasteiger partial charge in [0.2, 0.25) is 0 Å². The first-order valence-electron chi connectivity index (χ1n) is 12.0. The summed E-state index contributed by atoms with van der Waals surface area (Å²) in [6.07, 6.45) is 8.53. The van der Waals surface area contributed by atoms with Crippen LogP contribution in [-0.4, -0.2) is 72.2 Å². The molecule has 4 rings (SSSR count). The van der Waals surface area contributed by atoms with Crippen molar-refractivity contribution in [1.29, 1.82) is 0 Å². The van der Waals surface area contributed by atoms with Crippen LogP contribution in [0, 0.1) is 5.92 Å². The molecule has 0 spiro atoms. The number of hydrogen-bond acceptors (Lipinski definition) is 4. The molecule has 0 aromatic heterocycles. The third kappa shape index (κ3) is 5.92. The molecule has 2 atom stereocenters. The van der Waals surface area contributed by atoms with Crippen LogP contribution in [-0.2, 0) is 0 Å². The number of benzene rings is 1. The largest absolute Gasteiger partial charge is 0.336 e. The summed E-state index contributed by atoms with van der Waals surface area (Å²) in [5.41, 5.74) is 1.84. The highest BCUT2D eigenvalue weighted by molar-refractivity contribution is 6.31. The van der Waals surface area contributed by atoms with Crippen molar-refractivity contribution in [3.8, 4) is 0 Å². The highest BCUT2D eigenvalue weighted by atomic mass is 35.5. The number of aliphatic imine (C=N–C) groups is 2. The molecule has 1 saturated heterocycles. The number of halogens is 1. The van der Waals surface area contributed by atoms with Gasteiger partial charge in [-0.2, -0.15) is 0 Å². The van der Waals surface area contributed by atoms with Crippen LogP contribution in [0.2, 0.25) is 5.02 Å². The molecule has 1 amide bonds. The van der Waals surface area contributed by atoms with Gasteiger partial charge in [-0.25, -0.2) is 0 Å². The minimum absolute atomic E-state index is 0.0445. The average Bonchev–Trinajstić information content (AvgIpc) is 3.05. The molecule has 1 aliphatic carbocycles. The number of rotatable bonds is 5. The molecule has 2 heterocycles. The van der Waals surface area contributed by atoms with E-state index in [2.05, 4.69) is 49.2 Å². The Labute approximate surface area is 202 Å². The molecule has 7 heteroatoms. The van der Waals surface area contributed by atoms with Gasteiger partial charge in [-0.05, 0) is 43.9 Å². The van der Waals surface area contributed by atoms with Crippen molar-refractivity contribution in [2.45, 2.75) is 45.7 Å². The number of amidine groups is 2. The second-order valence-corrected chi connectivity index (χ2v) is 9.82. The number of fused-ring (bicyclic) bond motifs is 1. The maximum absolute atomic E-state index is 12.8. The van der Waals surface area contributed by atoms with Crippen molar-refractivity contribution in [3.63, 3.8) is 0 Å². The Morgan fingerprint density at radius 2 is 2.03 bits per heavy atom. The predicted molar refractivity (Wildman–Crippen MR) is 136 cm³/mol. The lowest BCUT2D eigenvalue weighted by molar-refractivity contribution is 0.0653. The third-order valence-corrected chi connectivity index (χ3v) is 6.86. The Morgan fingerprint density at radius 1 is 1.24 bits per heavy atom. The van der Waals surface area contributed by atoms with Gasteiger partial charge >= 0.3 is 0 Å². The topological polar surface area (TPSA) is 60.3 Å². The van der Waals surface area contributed by atoms with E-state index in [1.54, 1.807) is 12.1 Å². The molecule has 6 nitrogen and oxygen atoms in total. The molecule has 1 fully saturated rings. The van der Waals surface area contributed by atoms with Crippen LogP contribution in [0.15, 0.2) is 58.1 Å².